The van der Waals surface area contributed by atoms with Gasteiger partial charge in [-0.1, -0.05) is 12.1 Å². The number of aliphatic carboxylic acids is 1. The average Bonchev–Trinajstić information content (AvgIpc) is 3.62. The molecule has 2 fully saturated rings. The number of hydrogen-bond donors (Lipinski definition) is 2. The number of carbonyl (C=O) groups is 1. The highest BCUT2D eigenvalue weighted by Crippen LogP contribution is 2.45. The Balaban J connectivity index is 1.31. The molecule has 166 valence electrons. The number of hydrogen-bond acceptors (Lipinski definition) is 3. The molecular formula is C26H32FNO3. The summed E-state index contributed by atoms with van der Waals surface area (Å²) in [5.74, 6) is 1.31. The maximum absolute atomic E-state index is 14.3. The van der Waals surface area contributed by atoms with Crippen molar-refractivity contribution in [3.05, 3.63) is 59.4 Å². The second-order valence-electron chi connectivity index (χ2n) is 9.15. The van der Waals surface area contributed by atoms with E-state index in [9.17, 15) is 14.3 Å². The van der Waals surface area contributed by atoms with Crippen molar-refractivity contribution in [2.75, 3.05) is 19.0 Å². The van der Waals surface area contributed by atoms with Crippen molar-refractivity contribution < 1.29 is 19.0 Å². The molecule has 4 rings (SSSR count). The Hall–Kier alpha value is -2.56. The summed E-state index contributed by atoms with van der Waals surface area (Å²) in [7, 11) is 1.61. The normalized spacial score (nSPS) is 22.0. The number of benzene rings is 2. The number of halogens is 1. The fourth-order valence-corrected chi connectivity index (χ4v) is 5.02. The molecule has 1 unspecified atom stereocenters. The van der Waals surface area contributed by atoms with Crippen LogP contribution in [0.15, 0.2) is 42.5 Å². The van der Waals surface area contributed by atoms with E-state index in [1.165, 1.54) is 6.07 Å². The Bertz CT molecular complexity index is 903. The first kappa shape index (κ1) is 21.7. The molecule has 2 saturated carbocycles. The smallest absolute Gasteiger partial charge is 0.303 e. The Kier molecular flexibility index (Phi) is 6.79. The van der Waals surface area contributed by atoms with Crippen molar-refractivity contribution in [1.82, 2.24) is 0 Å². The minimum Gasteiger partial charge on any atom is -0.497 e. The van der Waals surface area contributed by atoms with E-state index in [0.717, 1.165) is 61.9 Å². The van der Waals surface area contributed by atoms with E-state index in [2.05, 4.69) is 23.5 Å². The van der Waals surface area contributed by atoms with Crippen molar-refractivity contribution in [1.29, 1.82) is 0 Å². The van der Waals surface area contributed by atoms with Gasteiger partial charge in [-0.3, -0.25) is 4.79 Å². The SMILES string of the molecule is COc1ccc(F)c(C2CCC(CNc3cccc(C(CC(=O)O)C4CC4)c3)CC2)c1. The summed E-state index contributed by atoms with van der Waals surface area (Å²) >= 11 is 0. The number of ether oxygens (including phenoxy) is 1. The van der Waals surface area contributed by atoms with Gasteiger partial charge < -0.3 is 15.2 Å². The molecule has 2 N–H and O–H groups in total. The van der Waals surface area contributed by atoms with E-state index in [1.807, 2.05) is 12.1 Å². The molecule has 4 nitrogen and oxygen atoms in total. The molecule has 5 heteroatoms. The van der Waals surface area contributed by atoms with Gasteiger partial charge in [-0.15, -0.1) is 0 Å². The first-order chi connectivity index (χ1) is 15.0. The molecule has 2 aromatic carbocycles. The number of carboxylic acid groups (broad SMARTS) is 1. The molecule has 0 aromatic heterocycles. The van der Waals surface area contributed by atoms with Crippen LogP contribution in [0.2, 0.25) is 0 Å². The lowest BCUT2D eigenvalue weighted by Crippen LogP contribution is -2.21. The van der Waals surface area contributed by atoms with Crippen LogP contribution >= 0.6 is 0 Å². The van der Waals surface area contributed by atoms with E-state index >= 15 is 0 Å². The van der Waals surface area contributed by atoms with E-state index in [-0.39, 0.29) is 24.1 Å². The Morgan fingerprint density at radius 1 is 1.13 bits per heavy atom. The van der Waals surface area contributed by atoms with Crippen LogP contribution in [0.4, 0.5) is 10.1 Å². The Morgan fingerprint density at radius 2 is 1.90 bits per heavy atom. The van der Waals surface area contributed by atoms with Crippen molar-refractivity contribution in [3.63, 3.8) is 0 Å². The number of carboxylic acids is 1. The third kappa shape index (κ3) is 5.57. The van der Waals surface area contributed by atoms with Crippen molar-refractivity contribution in [2.45, 2.75) is 56.8 Å². The second kappa shape index (κ2) is 9.71. The minimum atomic E-state index is -0.723. The topological polar surface area (TPSA) is 58.6 Å². The van der Waals surface area contributed by atoms with Gasteiger partial charge in [0.1, 0.15) is 11.6 Å². The highest BCUT2D eigenvalue weighted by molar-refractivity contribution is 5.68. The lowest BCUT2D eigenvalue weighted by Gasteiger charge is -2.29. The quantitative estimate of drug-likeness (QED) is 0.503. The van der Waals surface area contributed by atoms with Crippen LogP contribution < -0.4 is 10.1 Å². The van der Waals surface area contributed by atoms with Crippen molar-refractivity contribution in [3.8, 4) is 5.75 Å². The fourth-order valence-electron chi connectivity index (χ4n) is 5.02. The van der Waals surface area contributed by atoms with Gasteiger partial charge in [0.2, 0.25) is 0 Å². The summed E-state index contributed by atoms with van der Waals surface area (Å²) in [5.41, 5.74) is 2.98. The van der Waals surface area contributed by atoms with Crippen molar-refractivity contribution in [2.24, 2.45) is 11.8 Å². The largest absolute Gasteiger partial charge is 0.497 e. The van der Waals surface area contributed by atoms with Crippen LogP contribution in [0.1, 0.15) is 67.9 Å². The van der Waals surface area contributed by atoms with Gasteiger partial charge in [0.05, 0.1) is 13.5 Å². The molecule has 0 amide bonds. The van der Waals surface area contributed by atoms with Gasteiger partial charge >= 0.3 is 5.97 Å². The molecular weight excluding hydrogens is 393 g/mol. The molecule has 2 aromatic rings. The molecule has 0 heterocycles. The molecule has 0 aliphatic heterocycles. The number of nitrogens with one attached hydrogen (secondary N) is 1. The first-order valence-corrected chi connectivity index (χ1v) is 11.4. The Morgan fingerprint density at radius 3 is 2.58 bits per heavy atom. The van der Waals surface area contributed by atoms with Crippen LogP contribution in [0.3, 0.4) is 0 Å². The third-order valence-corrected chi connectivity index (χ3v) is 6.98. The molecule has 0 saturated heterocycles. The monoisotopic (exact) mass is 425 g/mol. The zero-order chi connectivity index (χ0) is 21.8. The fraction of sp³-hybridized carbons (Fsp3) is 0.500. The molecule has 0 radical (unpaired) electrons. The molecule has 0 bridgehead atoms. The summed E-state index contributed by atoms with van der Waals surface area (Å²) < 4.78 is 19.6. The second-order valence-corrected chi connectivity index (χ2v) is 9.15. The summed E-state index contributed by atoms with van der Waals surface area (Å²) in [6, 6.07) is 13.3. The molecule has 31 heavy (non-hydrogen) atoms. The highest BCUT2D eigenvalue weighted by atomic mass is 19.1. The Labute approximate surface area is 183 Å². The van der Waals surface area contributed by atoms with E-state index in [0.29, 0.717) is 17.6 Å². The number of rotatable bonds is 9. The zero-order valence-electron chi connectivity index (χ0n) is 18.1. The minimum absolute atomic E-state index is 0.118. The van der Waals surface area contributed by atoms with Gasteiger partial charge in [0, 0.05) is 12.2 Å². The molecule has 0 spiro atoms. The third-order valence-electron chi connectivity index (χ3n) is 6.98. The average molecular weight is 426 g/mol. The van der Waals surface area contributed by atoms with Crippen molar-refractivity contribution >= 4 is 11.7 Å². The zero-order valence-corrected chi connectivity index (χ0v) is 18.1. The van der Waals surface area contributed by atoms with Crippen LogP contribution in [-0.2, 0) is 4.79 Å². The van der Waals surface area contributed by atoms with E-state index < -0.39 is 5.97 Å². The predicted molar refractivity (Wildman–Crippen MR) is 120 cm³/mol. The maximum atomic E-state index is 14.3. The molecule has 2 aliphatic carbocycles. The van der Waals surface area contributed by atoms with Crippen LogP contribution in [0.5, 0.6) is 5.75 Å². The predicted octanol–water partition coefficient (Wildman–Crippen LogP) is 6.19. The molecule has 2 aliphatic rings. The first-order valence-electron chi connectivity index (χ1n) is 11.4. The van der Waals surface area contributed by atoms with E-state index in [1.54, 1.807) is 13.2 Å². The number of anilines is 1. The van der Waals surface area contributed by atoms with Gasteiger partial charge in [0.25, 0.3) is 0 Å². The number of methoxy groups -OCH3 is 1. The van der Waals surface area contributed by atoms with Gasteiger partial charge in [0.15, 0.2) is 0 Å². The van der Waals surface area contributed by atoms with Crippen LogP contribution in [0, 0.1) is 17.7 Å². The summed E-state index contributed by atoms with van der Waals surface area (Å²) in [4.78, 5) is 11.3. The summed E-state index contributed by atoms with van der Waals surface area (Å²) in [5, 5.41) is 12.8. The van der Waals surface area contributed by atoms with Gasteiger partial charge in [-0.2, -0.15) is 0 Å². The summed E-state index contributed by atoms with van der Waals surface area (Å²) in [6.07, 6.45) is 6.57. The van der Waals surface area contributed by atoms with Gasteiger partial charge in [-0.25, -0.2) is 4.39 Å². The lowest BCUT2D eigenvalue weighted by molar-refractivity contribution is -0.137. The standard InChI is InChI=1S/C26H32FNO3/c1-31-22-11-12-25(27)24(14-22)19-7-5-17(6-8-19)16-28-21-4-2-3-20(13-21)23(15-26(29)30)18-9-10-18/h2-4,11-14,17-19,23,28H,5-10,15-16H2,1H3,(H,29,30). The van der Waals surface area contributed by atoms with Crippen LogP contribution in [0.25, 0.3) is 0 Å². The maximum Gasteiger partial charge on any atom is 0.303 e. The summed E-state index contributed by atoms with van der Waals surface area (Å²) in [6.45, 7) is 0.893. The van der Waals surface area contributed by atoms with E-state index in [4.69, 9.17) is 4.74 Å². The molecule has 1 atom stereocenters. The van der Waals surface area contributed by atoms with Crippen LogP contribution in [-0.4, -0.2) is 24.7 Å². The van der Waals surface area contributed by atoms with Gasteiger partial charge in [-0.05, 0) is 104 Å². The highest BCUT2D eigenvalue weighted by Gasteiger charge is 2.33. The lowest BCUT2D eigenvalue weighted by atomic mass is 9.78.